The average molecular weight is 441 g/mol. The van der Waals surface area contributed by atoms with Gasteiger partial charge in [0.05, 0.1) is 4.90 Å². The topological polar surface area (TPSA) is 96.9 Å². The Bertz CT molecular complexity index is 1000. The smallest absolute Gasteiger partial charge is 0.264 e. The Balaban J connectivity index is 1.87. The molecule has 3 aromatic rings. The Hall–Kier alpha value is -2.23. The first kappa shape index (κ1) is 17.6. The highest BCUT2D eigenvalue weighted by Crippen LogP contribution is 2.20. The van der Waals surface area contributed by atoms with Crippen LogP contribution in [0.1, 0.15) is 0 Å². The quantitative estimate of drug-likeness (QED) is 0.626. The monoisotopic (exact) mass is 439 g/mol. The zero-order valence-corrected chi connectivity index (χ0v) is 15.7. The van der Waals surface area contributed by atoms with E-state index in [2.05, 4.69) is 40.9 Å². The highest BCUT2D eigenvalue weighted by atomic mass is 79.9. The van der Waals surface area contributed by atoms with Crippen molar-refractivity contribution in [2.24, 2.45) is 0 Å². The first-order chi connectivity index (χ1) is 11.9. The van der Waals surface area contributed by atoms with Crippen LogP contribution in [0.15, 0.2) is 64.0 Å². The normalized spacial score (nSPS) is 11.1. The third-order valence-corrected chi connectivity index (χ3v) is 4.96. The van der Waals surface area contributed by atoms with E-state index in [0.29, 0.717) is 4.47 Å². The maximum Gasteiger partial charge on any atom is 0.264 e. The first-order valence-electron chi connectivity index (χ1n) is 6.94. The molecule has 0 saturated carbocycles. The van der Waals surface area contributed by atoms with Crippen molar-refractivity contribution in [2.45, 2.75) is 4.90 Å². The second-order valence-corrected chi connectivity index (χ2v) is 7.74. The third kappa shape index (κ3) is 4.65. The number of para-hydroxylation sites is 1. The lowest BCUT2D eigenvalue weighted by Gasteiger charge is -2.09. The summed E-state index contributed by atoms with van der Waals surface area (Å²) >= 11 is 9.11. The molecule has 7 nitrogen and oxygen atoms in total. The van der Waals surface area contributed by atoms with E-state index in [4.69, 9.17) is 11.6 Å². The molecule has 0 unspecified atom stereocenters. The van der Waals surface area contributed by atoms with E-state index < -0.39 is 10.0 Å². The van der Waals surface area contributed by atoms with Crippen LogP contribution >= 0.6 is 27.5 Å². The molecule has 1 aromatic heterocycles. The molecule has 2 aromatic carbocycles. The van der Waals surface area contributed by atoms with Crippen molar-refractivity contribution in [1.82, 2.24) is 15.0 Å². The number of sulfonamides is 1. The van der Waals surface area contributed by atoms with Crippen molar-refractivity contribution in [1.29, 1.82) is 0 Å². The maximum absolute atomic E-state index is 12.4. The van der Waals surface area contributed by atoms with Crippen LogP contribution in [0.4, 0.5) is 17.6 Å². The van der Waals surface area contributed by atoms with Crippen LogP contribution in [-0.2, 0) is 10.0 Å². The Labute approximate surface area is 157 Å². The van der Waals surface area contributed by atoms with Crippen LogP contribution in [0.3, 0.4) is 0 Å². The number of aromatic nitrogens is 3. The largest absolute Gasteiger partial charge is 0.324 e. The van der Waals surface area contributed by atoms with Gasteiger partial charge in [-0.1, -0.05) is 40.2 Å². The molecule has 10 heteroatoms. The molecule has 25 heavy (non-hydrogen) atoms. The Morgan fingerprint density at radius 2 is 1.64 bits per heavy atom. The molecular weight excluding hydrogens is 430 g/mol. The minimum absolute atomic E-state index is 0.0657. The molecule has 128 valence electrons. The third-order valence-electron chi connectivity index (χ3n) is 2.97. The number of benzene rings is 2. The molecule has 0 atom stereocenters. The van der Waals surface area contributed by atoms with Crippen LogP contribution in [0.25, 0.3) is 0 Å². The molecule has 3 rings (SSSR count). The number of nitrogens with zero attached hydrogens (tertiary/aromatic N) is 3. The van der Waals surface area contributed by atoms with E-state index in [0.717, 1.165) is 5.69 Å². The van der Waals surface area contributed by atoms with Gasteiger partial charge in [-0.2, -0.15) is 15.0 Å². The second kappa shape index (κ2) is 7.34. The summed E-state index contributed by atoms with van der Waals surface area (Å²) in [4.78, 5) is 11.9. The number of hydrogen-bond acceptors (Lipinski definition) is 6. The second-order valence-electron chi connectivity index (χ2n) is 4.81. The number of anilines is 3. The molecule has 0 saturated heterocycles. The Kier molecular flexibility index (Phi) is 5.16. The van der Waals surface area contributed by atoms with Crippen molar-refractivity contribution < 1.29 is 8.42 Å². The van der Waals surface area contributed by atoms with E-state index in [9.17, 15) is 8.42 Å². The summed E-state index contributed by atoms with van der Waals surface area (Å²) in [5, 5.41) is 2.79. The van der Waals surface area contributed by atoms with Gasteiger partial charge in [-0.25, -0.2) is 13.1 Å². The van der Waals surface area contributed by atoms with Gasteiger partial charge in [-0.05, 0) is 41.9 Å². The van der Waals surface area contributed by atoms with E-state index in [1.54, 1.807) is 12.1 Å². The SMILES string of the molecule is O=S(=O)(Nc1nc(Cl)nc(Nc2ccccc2)n1)c1cccc(Br)c1. The molecule has 0 radical (unpaired) electrons. The van der Waals surface area contributed by atoms with Gasteiger partial charge < -0.3 is 5.32 Å². The van der Waals surface area contributed by atoms with Gasteiger partial charge in [0.1, 0.15) is 0 Å². The number of hydrogen-bond donors (Lipinski definition) is 2. The zero-order valence-electron chi connectivity index (χ0n) is 12.5. The predicted octanol–water partition coefficient (Wildman–Crippen LogP) is 3.83. The van der Waals surface area contributed by atoms with Crippen LogP contribution in [0, 0.1) is 0 Å². The lowest BCUT2D eigenvalue weighted by Crippen LogP contribution is -2.16. The molecule has 0 fully saturated rings. The summed E-state index contributed by atoms with van der Waals surface area (Å²) in [6, 6.07) is 15.4. The molecule has 0 aliphatic carbocycles. The molecule has 0 bridgehead atoms. The highest BCUT2D eigenvalue weighted by Gasteiger charge is 2.17. The van der Waals surface area contributed by atoms with Gasteiger partial charge in [0.2, 0.25) is 17.2 Å². The molecule has 0 aliphatic heterocycles. The fourth-order valence-electron chi connectivity index (χ4n) is 1.92. The first-order valence-corrected chi connectivity index (χ1v) is 9.60. The molecule has 0 spiro atoms. The summed E-state index contributed by atoms with van der Waals surface area (Å²) in [5.41, 5.74) is 0.727. The van der Waals surface area contributed by atoms with Crippen molar-refractivity contribution >= 4 is 55.1 Å². The number of rotatable bonds is 5. The van der Waals surface area contributed by atoms with Crippen molar-refractivity contribution in [3.05, 3.63) is 64.4 Å². The summed E-state index contributed by atoms with van der Waals surface area (Å²) < 4.78 is 27.8. The van der Waals surface area contributed by atoms with Gasteiger partial charge >= 0.3 is 0 Å². The summed E-state index contributed by atoms with van der Waals surface area (Å²) in [5.74, 6) is -0.0588. The van der Waals surface area contributed by atoms with Gasteiger partial charge in [-0.15, -0.1) is 0 Å². The predicted molar refractivity (Wildman–Crippen MR) is 99.5 cm³/mol. The average Bonchev–Trinajstić information content (AvgIpc) is 2.55. The standard InChI is InChI=1S/C15H11BrClN5O2S/c16-10-5-4-8-12(9-10)25(23,24)22-15-20-13(17)19-14(21-15)18-11-6-2-1-3-7-11/h1-9H,(H2,18,19,20,21,22). The summed E-state index contributed by atoms with van der Waals surface area (Å²) in [7, 11) is -3.86. The van der Waals surface area contributed by atoms with E-state index in [1.165, 1.54) is 12.1 Å². The molecule has 0 aliphatic rings. The van der Waals surface area contributed by atoms with Crippen molar-refractivity contribution in [2.75, 3.05) is 10.0 Å². The van der Waals surface area contributed by atoms with E-state index >= 15 is 0 Å². The van der Waals surface area contributed by atoms with Crippen molar-refractivity contribution in [3.8, 4) is 0 Å². The molecule has 1 heterocycles. The zero-order chi connectivity index (χ0) is 17.9. The summed E-state index contributed by atoms with van der Waals surface area (Å²) in [6.45, 7) is 0. The lowest BCUT2D eigenvalue weighted by atomic mass is 10.3. The minimum Gasteiger partial charge on any atom is -0.324 e. The number of halogens is 2. The van der Waals surface area contributed by atoms with Gasteiger partial charge in [0, 0.05) is 10.2 Å². The van der Waals surface area contributed by atoms with Crippen LogP contribution in [-0.4, -0.2) is 23.4 Å². The fourth-order valence-corrected chi connectivity index (χ4v) is 3.62. The van der Waals surface area contributed by atoms with Crippen molar-refractivity contribution in [3.63, 3.8) is 0 Å². The Morgan fingerprint density at radius 1 is 0.920 bits per heavy atom. The minimum atomic E-state index is -3.86. The van der Waals surface area contributed by atoms with Gasteiger partial charge in [-0.3, -0.25) is 0 Å². The fraction of sp³-hybridized carbons (Fsp3) is 0. The summed E-state index contributed by atoms with van der Waals surface area (Å²) in [6.07, 6.45) is 0. The van der Waals surface area contributed by atoms with E-state index in [-0.39, 0.29) is 22.1 Å². The van der Waals surface area contributed by atoms with Gasteiger partial charge in [0.25, 0.3) is 10.0 Å². The molecular formula is C15H11BrClN5O2S. The lowest BCUT2D eigenvalue weighted by molar-refractivity contribution is 0.600. The van der Waals surface area contributed by atoms with E-state index in [1.807, 2.05) is 30.3 Å². The Morgan fingerprint density at radius 3 is 2.36 bits per heavy atom. The maximum atomic E-state index is 12.4. The van der Waals surface area contributed by atoms with Crippen LogP contribution < -0.4 is 10.0 Å². The highest BCUT2D eigenvalue weighted by molar-refractivity contribution is 9.10. The van der Waals surface area contributed by atoms with Crippen LogP contribution in [0.5, 0.6) is 0 Å². The number of nitrogens with one attached hydrogen (secondary N) is 2. The van der Waals surface area contributed by atoms with Crippen LogP contribution in [0.2, 0.25) is 5.28 Å². The molecule has 2 N–H and O–H groups in total. The molecule has 0 amide bonds. The van der Waals surface area contributed by atoms with Gasteiger partial charge in [0.15, 0.2) is 0 Å².